The highest BCUT2D eigenvalue weighted by Gasteiger charge is 2.50. The summed E-state index contributed by atoms with van der Waals surface area (Å²) in [5.41, 5.74) is 0.607. The summed E-state index contributed by atoms with van der Waals surface area (Å²) in [5.74, 6) is -0.788. The topological polar surface area (TPSA) is 93.2 Å². The van der Waals surface area contributed by atoms with Crippen molar-refractivity contribution in [2.24, 2.45) is 0 Å². The first-order valence-corrected chi connectivity index (χ1v) is 11.2. The van der Waals surface area contributed by atoms with Crippen LogP contribution in [0, 0.1) is 5.82 Å². The van der Waals surface area contributed by atoms with Gasteiger partial charge in [0, 0.05) is 23.3 Å². The van der Waals surface area contributed by atoms with Gasteiger partial charge in [-0.25, -0.2) is 9.37 Å². The third kappa shape index (κ3) is 4.85. The molecule has 1 aromatic carbocycles. The Labute approximate surface area is 191 Å². The SMILES string of the molecule is CCc1cnc(C(=O)NC23CCC(NC(=O)COc4ccc(Cl)c(F)c4)(CC2)CC3)cn1. The predicted molar refractivity (Wildman–Crippen MR) is 117 cm³/mol. The summed E-state index contributed by atoms with van der Waals surface area (Å²) in [6.45, 7) is 1.79. The van der Waals surface area contributed by atoms with E-state index in [4.69, 9.17) is 16.3 Å². The van der Waals surface area contributed by atoms with E-state index in [0.717, 1.165) is 56.7 Å². The number of amides is 2. The van der Waals surface area contributed by atoms with E-state index >= 15 is 0 Å². The van der Waals surface area contributed by atoms with Crippen molar-refractivity contribution >= 4 is 23.4 Å². The molecule has 1 heterocycles. The summed E-state index contributed by atoms with van der Waals surface area (Å²) in [6.07, 6.45) is 8.59. The number of nitrogens with zero attached hydrogens (tertiary/aromatic N) is 2. The van der Waals surface area contributed by atoms with E-state index in [1.807, 2.05) is 6.92 Å². The third-order valence-corrected chi connectivity index (χ3v) is 6.90. The molecule has 32 heavy (non-hydrogen) atoms. The maximum atomic E-state index is 13.5. The number of hydrogen-bond donors (Lipinski definition) is 2. The summed E-state index contributed by atoms with van der Waals surface area (Å²) in [6, 6.07) is 4.07. The molecule has 2 amide bonds. The zero-order chi connectivity index (χ0) is 22.8. The van der Waals surface area contributed by atoms with Gasteiger partial charge in [0.05, 0.1) is 16.9 Å². The van der Waals surface area contributed by atoms with Crippen molar-refractivity contribution in [1.29, 1.82) is 0 Å². The first-order chi connectivity index (χ1) is 15.3. The van der Waals surface area contributed by atoms with Crippen LogP contribution in [0.25, 0.3) is 0 Å². The van der Waals surface area contributed by atoms with E-state index in [1.54, 1.807) is 6.20 Å². The van der Waals surface area contributed by atoms with Gasteiger partial charge in [0.25, 0.3) is 11.8 Å². The van der Waals surface area contributed by atoms with E-state index in [0.29, 0.717) is 5.69 Å². The summed E-state index contributed by atoms with van der Waals surface area (Å²) in [5, 5.41) is 6.29. The number of carbonyl (C=O) groups excluding carboxylic acids is 2. The van der Waals surface area contributed by atoms with Gasteiger partial charge >= 0.3 is 0 Å². The molecule has 0 aliphatic heterocycles. The number of fused-ring (bicyclic) bond motifs is 3. The van der Waals surface area contributed by atoms with Gasteiger partial charge in [-0.1, -0.05) is 18.5 Å². The molecule has 2 aromatic rings. The Balaban J connectivity index is 1.29. The third-order valence-electron chi connectivity index (χ3n) is 6.59. The number of nitrogens with one attached hydrogen (secondary N) is 2. The van der Waals surface area contributed by atoms with Crippen molar-refractivity contribution < 1.29 is 18.7 Å². The lowest BCUT2D eigenvalue weighted by Crippen LogP contribution is -2.64. The van der Waals surface area contributed by atoms with E-state index in [9.17, 15) is 14.0 Å². The fourth-order valence-corrected chi connectivity index (χ4v) is 4.69. The lowest BCUT2D eigenvalue weighted by Gasteiger charge is -2.53. The minimum Gasteiger partial charge on any atom is -0.484 e. The molecule has 170 valence electrons. The smallest absolute Gasteiger partial charge is 0.271 e. The maximum Gasteiger partial charge on any atom is 0.271 e. The van der Waals surface area contributed by atoms with Crippen molar-refractivity contribution in [3.05, 3.63) is 52.8 Å². The zero-order valence-electron chi connectivity index (χ0n) is 17.9. The molecule has 7 nitrogen and oxygen atoms in total. The first kappa shape index (κ1) is 22.5. The van der Waals surface area contributed by atoms with Crippen molar-refractivity contribution in [2.75, 3.05) is 6.61 Å². The highest BCUT2D eigenvalue weighted by molar-refractivity contribution is 6.30. The summed E-state index contributed by atoms with van der Waals surface area (Å²) in [4.78, 5) is 33.6. The van der Waals surface area contributed by atoms with Gasteiger partial charge in [-0.2, -0.15) is 0 Å². The molecule has 3 aliphatic carbocycles. The maximum absolute atomic E-state index is 13.5. The van der Waals surface area contributed by atoms with Crippen molar-refractivity contribution in [1.82, 2.24) is 20.6 Å². The molecule has 9 heteroatoms. The number of halogens is 2. The van der Waals surface area contributed by atoms with Crippen molar-refractivity contribution in [2.45, 2.75) is 62.9 Å². The molecule has 3 aliphatic rings. The van der Waals surface area contributed by atoms with Crippen molar-refractivity contribution in [3.8, 4) is 5.75 Å². The van der Waals surface area contributed by atoms with Gasteiger partial charge in [0.1, 0.15) is 17.3 Å². The van der Waals surface area contributed by atoms with E-state index in [2.05, 4.69) is 20.6 Å². The first-order valence-electron chi connectivity index (χ1n) is 10.8. The highest BCUT2D eigenvalue weighted by Crippen LogP contribution is 2.47. The number of rotatable bonds is 7. The largest absolute Gasteiger partial charge is 0.484 e. The summed E-state index contributed by atoms with van der Waals surface area (Å²) >= 11 is 5.66. The Kier molecular flexibility index (Phi) is 6.33. The van der Waals surface area contributed by atoms with Gasteiger partial charge in [-0.05, 0) is 57.1 Å². The Bertz CT molecular complexity index is 990. The van der Waals surface area contributed by atoms with Crippen LogP contribution < -0.4 is 15.4 Å². The molecule has 2 N–H and O–H groups in total. The van der Waals surface area contributed by atoms with Crippen LogP contribution in [-0.4, -0.2) is 39.5 Å². The molecule has 0 saturated heterocycles. The number of benzene rings is 1. The Morgan fingerprint density at radius 2 is 1.72 bits per heavy atom. The highest BCUT2D eigenvalue weighted by atomic mass is 35.5. The second-order valence-electron chi connectivity index (χ2n) is 8.67. The average molecular weight is 461 g/mol. The lowest BCUT2D eigenvalue weighted by molar-refractivity contribution is -0.126. The van der Waals surface area contributed by atoms with Gasteiger partial charge in [0.15, 0.2) is 6.61 Å². The molecule has 0 unspecified atom stereocenters. The molecule has 0 spiro atoms. The van der Waals surface area contributed by atoms with Gasteiger partial charge in [-0.3, -0.25) is 14.6 Å². The zero-order valence-corrected chi connectivity index (χ0v) is 18.7. The number of aryl methyl sites for hydroxylation is 1. The van der Waals surface area contributed by atoms with Gasteiger partial charge in [0.2, 0.25) is 0 Å². The molecule has 3 fully saturated rings. The van der Waals surface area contributed by atoms with Gasteiger partial charge < -0.3 is 15.4 Å². The predicted octanol–water partition coefficient (Wildman–Crippen LogP) is 3.60. The van der Waals surface area contributed by atoms with Crippen LogP contribution in [0.2, 0.25) is 5.02 Å². The summed E-state index contributed by atoms with van der Waals surface area (Å²) in [7, 11) is 0. The molecule has 0 radical (unpaired) electrons. The molecule has 3 saturated carbocycles. The minimum absolute atomic E-state index is 0.00527. The van der Waals surface area contributed by atoms with Crippen molar-refractivity contribution in [3.63, 3.8) is 0 Å². The molecule has 0 atom stereocenters. The Morgan fingerprint density at radius 3 is 2.28 bits per heavy atom. The molecular weight excluding hydrogens is 435 g/mol. The monoisotopic (exact) mass is 460 g/mol. The molecule has 1 aromatic heterocycles. The number of ether oxygens (including phenoxy) is 1. The minimum atomic E-state index is -0.589. The number of hydrogen-bond acceptors (Lipinski definition) is 5. The fourth-order valence-electron chi connectivity index (χ4n) is 4.57. The standard InChI is InChI=1S/C23H26ClFN4O3/c1-2-15-12-27-19(13-26-15)21(31)29-23-8-5-22(6-9-23,7-10-23)28-20(30)14-32-16-3-4-17(24)18(25)11-16/h3-4,11-13H,2,5-10,14H2,1H3,(H,28,30)(H,29,31). The van der Waals surface area contributed by atoms with Crippen LogP contribution in [-0.2, 0) is 11.2 Å². The van der Waals surface area contributed by atoms with E-state index < -0.39 is 5.82 Å². The average Bonchev–Trinajstić information content (AvgIpc) is 2.81. The molecular formula is C23H26ClFN4O3. The van der Waals surface area contributed by atoms with Crippen LogP contribution in [0.3, 0.4) is 0 Å². The van der Waals surface area contributed by atoms with E-state index in [1.165, 1.54) is 18.3 Å². The normalized spacial score (nSPS) is 24.1. The van der Waals surface area contributed by atoms with Crippen LogP contribution in [0.5, 0.6) is 5.75 Å². The number of aromatic nitrogens is 2. The Hall–Kier alpha value is -2.74. The molecule has 5 rings (SSSR count). The van der Waals surface area contributed by atoms with Crippen LogP contribution in [0.1, 0.15) is 61.6 Å². The Morgan fingerprint density at radius 1 is 1.06 bits per heavy atom. The second kappa shape index (κ2) is 9.02. The van der Waals surface area contributed by atoms with Crippen LogP contribution >= 0.6 is 11.6 Å². The second-order valence-corrected chi connectivity index (χ2v) is 9.08. The number of carbonyl (C=O) groups is 2. The molecule has 2 bridgehead atoms. The lowest BCUT2D eigenvalue weighted by atomic mass is 9.61. The van der Waals surface area contributed by atoms with Gasteiger partial charge in [-0.15, -0.1) is 0 Å². The summed E-state index contributed by atoms with van der Waals surface area (Å²) < 4.78 is 18.9. The van der Waals surface area contributed by atoms with Crippen LogP contribution in [0.4, 0.5) is 4.39 Å². The quantitative estimate of drug-likeness (QED) is 0.658. The van der Waals surface area contributed by atoms with Crippen LogP contribution in [0.15, 0.2) is 30.6 Å². The van der Waals surface area contributed by atoms with E-state index in [-0.39, 0.29) is 40.3 Å². The fraction of sp³-hybridized carbons (Fsp3) is 0.478.